The molecule has 6 heteroatoms. The van der Waals surface area contributed by atoms with E-state index in [1.165, 1.54) is 0 Å². The van der Waals surface area contributed by atoms with Crippen molar-refractivity contribution < 1.29 is 8.42 Å². The van der Waals surface area contributed by atoms with Gasteiger partial charge in [-0.1, -0.05) is 13.8 Å². The fraction of sp³-hybridized carbons (Fsp3) is 1.00. The minimum absolute atomic E-state index is 0.441. The Balaban J connectivity index is 2.69. The van der Waals surface area contributed by atoms with Crippen LogP contribution >= 0.6 is 11.6 Å². The highest BCUT2D eigenvalue weighted by Crippen LogP contribution is 2.22. The molecule has 0 aromatic rings. The van der Waals surface area contributed by atoms with Gasteiger partial charge in [-0.15, -0.1) is 11.6 Å². The van der Waals surface area contributed by atoms with E-state index >= 15 is 0 Å². The number of alkyl halides is 1. The molecule has 1 atom stereocenters. The van der Waals surface area contributed by atoms with Crippen LogP contribution in [0, 0.1) is 5.92 Å². The van der Waals surface area contributed by atoms with Crippen LogP contribution in [-0.4, -0.2) is 37.2 Å². The van der Waals surface area contributed by atoms with Gasteiger partial charge in [0.25, 0.3) is 10.2 Å². The molecule has 108 valence electrons. The quantitative estimate of drug-likeness (QED) is 0.765. The number of piperidine rings is 1. The van der Waals surface area contributed by atoms with Crippen LogP contribution in [0.5, 0.6) is 0 Å². The molecule has 1 aliphatic rings. The smallest absolute Gasteiger partial charge is 0.196 e. The van der Waals surface area contributed by atoms with Crippen molar-refractivity contribution in [1.29, 1.82) is 0 Å². The molecule has 0 bridgehead atoms. The first-order valence-electron chi connectivity index (χ1n) is 6.68. The lowest BCUT2D eigenvalue weighted by atomic mass is 9.97. The summed E-state index contributed by atoms with van der Waals surface area (Å²) >= 11 is 5.75. The summed E-state index contributed by atoms with van der Waals surface area (Å²) in [5.74, 6) is 1.08. The van der Waals surface area contributed by atoms with E-state index in [1.807, 2.05) is 13.8 Å². The zero-order valence-corrected chi connectivity index (χ0v) is 13.1. The molecule has 1 heterocycles. The van der Waals surface area contributed by atoms with Gasteiger partial charge in [-0.2, -0.15) is 17.4 Å². The van der Waals surface area contributed by atoms with E-state index in [1.54, 1.807) is 4.31 Å². The summed E-state index contributed by atoms with van der Waals surface area (Å²) in [7, 11) is -3.37. The summed E-state index contributed by atoms with van der Waals surface area (Å²) < 4.78 is 29.0. The highest BCUT2D eigenvalue weighted by Gasteiger charge is 2.33. The predicted molar refractivity (Wildman–Crippen MR) is 76.1 cm³/mol. The summed E-state index contributed by atoms with van der Waals surface area (Å²) in [5.41, 5.74) is -0.441. The molecule has 1 rings (SSSR count). The SMILES string of the molecule is CCC(C)(CCCl)NS(=O)(=O)N1CCC(C)CC1. The topological polar surface area (TPSA) is 49.4 Å². The third kappa shape index (κ3) is 4.37. The van der Waals surface area contributed by atoms with Gasteiger partial charge in [-0.25, -0.2) is 0 Å². The van der Waals surface area contributed by atoms with Crippen molar-refractivity contribution in [3.05, 3.63) is 0 Å². The van der Waals surface area contributed by atoms with E-state index in [-0.39, 0.29) is 0 Å². The van der Waals surface area contributed by atoms with Crippen LogP contribution < -0.4 is 4.72 Å². The van der Waals surface area contributed by atoms with Crippen LogP contribution in [-0.2, 0) is 10.2 Å². The van der Waals surface area contributed by atoms with Gasteiger partial charge in [-0.3, -0.25) is 0 Å². The van der Waals surface area contributed by atoms with Crippen molar-refractivity contribution in [3.63, 3.8) is 0 Å². The molecular formula is C12H25ClN2O2S. The molecule has 1 N–H and O–H groups in total. The number of nitrogens with one attached hydrogen (secondary N) is 1. The van der Waals surface area contributed by atoms with E-state index in [0.29, 0.717) is 31.3 Å². The van der Waals surface area contributed by atoms with Gasteiger partial charge < -0.3 is 0 Å². The fourth-order valence-electron chi connectivity index (χ4n) is 2.11. The largest absolute Gasteiger partial charge is 0.279 e. The van der Waals surface area contributed by atoms with Crippen LogP contribution in [0.1, 0.15) is 46.5 Å². The van der Waals surface area contributed by atoms with Crippen LogP contribution in [0.2, 0.25) is 0 Å². The van der Waals surface area contributed by atoms with E-state index in [9.17, 15) is 8.42 Å². The minimum Gasteiger partial charge on any atom is -0.196 e. The van der Waals surface area contributed by atoms with Crippen LogP contribution in [0.3, 0.4) is 0 Å². The summed E-state index contributed by atoms with van der Waals surface area (Å²) in [6.45, 7) is 7.31. The summed E-state index contributed by atoms with van der Waals surface area (Å²) in [4.78, 5) is 0. The minimum atomic E-state index is -3.37. The van der Waals surface area contributed by atoms with Gasteiger partial charge in [0.2, 0.25) is 0 Å². The number of hydrogen-bond donors (Lipinski definition) is 1. The summed E-state index contributed by atoms with van der Waals surface area (Å²) in [6, 6.07) is 0. The van der Waals surface area contributed by atoms with E-state index in [2.05, 4.69) is 11.6 Å². The average molecular weight is 297 g/mol. The molecule has 0 radical (unpaired) electrons. The summed E-state index contributed by atoms with van der Waals surface area (Å²) in [5, 5.41) is 0. The standard InChI is InChI=1S/C12H25ClN2O2S/c1-4-12(3,7-8-13)14-18(16,17)15-9-5-11(2)6-10-15/h11,14H,4-10H2,1-3H3. The number of nitrogens with zero attached hydrogens (tertiary/aromatic N) is 1. The first kappa shape index (κ1) is 16.2. The number of halogens is 1. The second-order valence-corrected chi connectivity index (χ2v) is 7.59. The number of rotatable bonds is 6. The second-order valence-electron chi connectivity index (χ2n) is 5.54. The maximum Gasteiger partial charge on any atom is 0.279 e. The highest BCUT2D eigenvalue weighted by molar-refractivity contribution is 7.87. The van der Waals surface area contributed by atoms with E-state index < -0.39 is 15.7 Å². The molecule has 18 heavy (non-hydrogen) atoms. The zero-order chi connectivity index (χ0) is 13.8. The second kappa shape index (κ2) is 6.55. The maximum absolute atomic E-state index is 12.3. The first-order chi connectivity index (χ1) is 8.33. The van der Waals surface area contributed by atoms with Gasteiger partial charge >= 0.3 is 0 Å². The summed E-state index contributed by atoms with van der Waals surface area (Å²) in [6.07, 6.45) is 3.27. The molecule has 0 aliphatic carbocycles. The van der Waals surface area contributed by atoms with Gasteiger partial charge in [0.05, 0.1) is 0 Å². The lowest BCUT2D eigenvalue weighted by molar-refractivity contribution is 0.276. The molecule has 0 amide bonds. The third-order valence-corrected chi connectivity index (χ3v) is 5.87. The molecule has 1 unspecified atom stereocenters. The molecule has 4 nitrogen and oxygen atoms in total. The Labute approximate surface area is 116 Å². The van der Waals surface area contributed by atoms with Crippen molar-refractivity contribution in [2.24, 2.45) is 5.92 Å². The van der Waals surface area contributed by atoms with Gasteiger partial charge in [0.15, 0.2) is 0 Å². The third-order valence-electron chi connectivity index (χ3n) is 3.88. The Hall–Kier alpha value is 0.160. The van der Waals surface area contributed by atoms with E-state index in [4.69, 9.17) is 11.6 Å². The van der Waals surface area contributed by atoms with Crippen molar-refractivity contribution >= 4 is 21.8 Å². The molecule has 0 spiro atoms. The molecule has 1 aliphatic heterocycles. The Kier molecular flexibility index (Phi) is 5.90. The van der Waals surface area contributed by atoms with Gasteiger partial charge in [-0.05, 0) is 38.5 Å². The molecule has 1 saturated heterocycles. The highest BCUT2D eigenvalue weighted by atomic mass is 35.5. The zero-order valence-electron chi connectivity index (χ0n) is 11.6. The van der Waals surface area contributed by atoms with Crippen LogP contribution in [0.25, 0.3) is 0 Å². The number of hydrogen-bond acceptors (Lipinski definition) is 2. The first-order valence-corrected chi connectivity index (χ1v) is 8.65. The van der Waals surface area contributed by atoms with Crippen molar-refractivity contribution in [3.8, 4) is 0 Å². The normalized spacial score (nSPS) is 22.9. The molecule has 0 aromatic carbocycles. The Morgan fingerprint density at radius 1 is 1.39 bits per heavy atom. The van der Waals surface area contributed by atoms with Crippen molar-refractivity contribution in [2.75, 3.05) is 19.0 Å². The lowest BCUT2D eigenvalue weighted by Gasteiger charge is -2.35. The Morgan fingerprint density at radius 3 is 2.39 bits per heavy atom. The van der Waals surface area contributed by atoms with Crippen LogP contribution in [0.4, 0.5) is 0 Å². The monoisotopic (exact) mass is 296 g/mol. The lowest BCUT2D eigenvalue weighted by Crippen LogP contribution is -2.53. The van der Waals surface area contributed by atoms with Gasteiger partial charge in [0, 0.05) is 24.5 Å². The molecule has 1 fully saturated rings. The van der Waals surface area contributed by atoms with Crippen LogP contribution in [0.15, 0.2) is 0 Å². The molecule has 0 saturated carbocycles. The van der Waals surface area contributed by atoms with Gasteiger partial charge in [0.1, 0.15) is 0 Å². The van der Waals surface area contributed by atoms with Crippen molar-refractivity contribution in [2.45, 2.75) is 52.0 Å². The fourth-order valence-corrected chi connectivity index (χ4v) is 4.22. The molecular weight excluding hydrogens is 272 g/mol. The Bertz CT molecular complexity index is 353. The van der Waals surface area contributed by atoms with Crippen molar-refractivity contribution in [1.82, 2.24) is 9.03 Å². The Morgan fingerprint density at radius 2 is 1.94 bits per heavy atom. The average Bonchev–Trinajstić information content (AvgIpc) is 2.29. The van der Waals surface area contributed by atoms with E-state index in [0.717, 1.165) is 19.3 Å². The predicted octanol–water partition coefficient (Wildman–Crippen LogP) is 2.35. The maximum atomic E-state index is 12.3. The molecule has 0 aromatic heterocycles.